The lowest BCUT2D eigenvalue weighted by Gasteiger charge is -2.10. The van der Waals surface area contributed by atoms with E-state index in [1.54, 1.807) is 24.3 Å². The first kappa shape index (κ1) is 12.3. The van der Waals surface area contributed by atoms with E-state index in [0.717, 1.165) is 11.1 Å². The van der Waals surface area contributed by atoms with Gasteiger partial charge in [-0.15, -0.1) is 0 Å². The fourth-order valence-electron chi connectivity index (χ4n) is 1.46. The van der Waals surface area contributed by atoms with Gasteiger partial charge in [-0.25, -0.2) is 15.8 Å². The van der Waals surface area contributed by atoms with Crippen LogP contribution in [-0.4, -0.2) is 15.1 Å². The van der Waals surface area contributed by atoms with E-state index in [2.05, 4.69) is 15.4 Å². The van der Waals surface area contributed by atoms with Crippen LogP contribution in [0.5, 0.6) is 11.6 Å². The topological polar surface area (TPSA) is 93.3 Å². The number of benzene rings is 1. The number of nitrogens with one attached hydrogen (secondary N) is 1. The first-order chi connectivity index (χ1) is 8.74. The van der Waals surface area contributed by atoms with Crippen molar-refractivity contribution >= 4 is 5.82 Å². The summed E-state index contributed by atoms with van der Waals surface area (Å²) >= 11 is 0. The van der Waals surface area contributed by atoms with Gasteiger partial charge < -0.3 is 15.3 Å². The van der Waals surface area contributed by atoms with Gasteiger partial charge in [-0.2, -0.15) is 0 Å². The predicted molar refractivity (Wildman–Crippen MR) is 67.0 cm³/mol. The number of aliphatic hydroxyl groups is 1. The minimum Gasteiger partial charge on any atom is -0.439 e. The first-order valence-corrected chi connectivity index (χ1v) is 5.40. The highest BCUT2D eigenvalue weighted by Crippen LogP contribution is 2.25. The van der Waals surface area contributed by atoms with Crippen LogP contribution in [-0.2, 0) is 6.61 Å². The van der Waals surface area contributed by atoms with Gasteiger partial charge in [0.15, 0.2) is 0 Å². The maximum absolute atomic E-state index is 8.95. The molecule has 0 bridgehead atoms. The third-order valence-corrected chi connectivity index (χ3v) is 2.49. The van der Waals surface area contributed by atoms with E-state index < -0.39 is 0 Å². The van der Waals surface area contributed by atoms with Crippen LogP contribution in [0.4, 0.5) is 5.82 Å². The summed E-state index contributed by atoms with van der Waals surface area (Å²) in [5, 5.41) is 8.95. The first-order valence-electron chi connectivity index (χ1n) is 5.40. The Morgan fingerprint density at radius 3 is 2.61 bits per heavy atom. The Morgan fingerprint density at radius 1 is 1.28 bits per heavy atom. The number of nitrogen functional groups attached to an aromatic ring is 1. The molecule has 6 nitrogen and oxygen atoms in total. The maximum atomic E-state index is 8.95. The zero-order valence-electron chi connectivity index (χ0n) is 9.92. The monoisotopic (exact) mass is 246 g/mol. The summed E-state index contributed by atoms with van der Waals surface area (Å²) in [5.41, 5.74) is 4.03. The minimum absolute atomic E-state index is 0.00799. The Hall–Kier alpha value is -2.18. The summed E-state index contributed by atoms with van der Waals surface area (Å²) in [6.07, 6.45) is 1.37. The molecule has 1 heterocycles. The van der Waals surface area contributed by atoms with E-state index in [1.165, 1.54) is 6.33 Å². The van der Waals surface area contributed by atoms with Crippen LogP contribution in [0.3, 0.4) is 0 Å². The number of nitrogens with zero attached hydrogens (tertiary/aromatic N) is 2. The molecule has 6 heteroatoms. The van der Waals surface area contributed by atoms with Crippen molar-refractivity contribution in [2.24, 2.45) is 5.84 Å². The summed E-state index contributed by atoms with van der Waals surface area (Å²) in [5.74, 6) is 6.92. The molecular weight excluding hydrogens is 232 g/mol. The van der Waals surface area contributed by atoms with Gasteiger partial charge in [-0.05, 0) is 24.6 Å². The Balaban J connectivity index is 2.22. The molecule has 2 rings (SSSR count). The van der Waals surface area contributed by atoms with Gasteiger partial charge in [0, 0.05) is 0 Å². The van der Waals surface area contributed by atoms with E-state index in [1.807, 2.05) is 6.92 Å². The van der Waals surface area contributed by atoms with Gasteiger partial charge >= 0.3 is 0 Å². The van der Waals surface area contributed by atoms with Crippen molar-refractivity contribution in [1.29, 1.82) is 0 Å². The molecule has 0 unspecified atom stereocenters. The molecule has 2 aromatic rings. The van der Waals surface area contributed by atoms with Crippen molar-refractivity contribution in [3.05, 3.63) is 41.7 Å². The van der Waals surface area contributed by atoms with Crippen LogP contribution in [0, 0.1) is 6.92 Å². The van der Waals surface area contributed by atoms with Crippen molar-refractivity contribution in [3.63, 3.8) is 0 Å². The quantitative estimate of drug-likeness (QED) is 0.557. The van der Waals surface area contributed by atoms with E-state index in [-0.39, 0.29) is 6.61 Å². The molecule has 0 saturated carbocycles. The molecule has 0 aliphatic heterocycles. The van der Waals surface area contributed by atoms with Crippen LogP contribution < -0.4 is 16.0 Å². The lowest BCUT2D eigenvalue weighted by Crippen LogP contribution is -2.11. The molecule has 0 saturated heterocycles. The zero-order valence-corrected chi connectivity index (χ0v) is 9.92. The van der Waals surface area contributed by atoms with Crippen molar-refractivity contribution in [1.82, 2.24) is 9.97 Å². The Labute approximate surface area is 104 Å². The third kappa shape index (κ3) is 2.55. The van der Waals surface area contributed by atoms with Crippen molar-refractivity contribution < 1.29 is 9.84 Å². The standard InChI is InChI=1S/C12H14N4O2/c1-8-11(16-13)14-7-15-12(8)18-10-4-2-9(6-17)3-5-10/h2-5,7,17H,6,13H2,1H3,(H,14,15,16). The van der Waals surface area contributed by atoms with Crippen molar-refractivity contribution in [3.8, 4) is 11.6 Å². The van der Waals surface area contributed by atoms with Crippen molar-refractivity contribution in [2.45, 2.75) is 13.5 Å². The molecule has 1 aromatic heterocycles. The number of rotatable bonds is 4. The van der Waals surface area contributed by atoms with Crippen LogP contribution in [0.25, 0.3) is 0 Å². The number of hydrazine groups is 1. The smallest absolute Gasteiger partial charge is 0.227 e. The Kier molecular flexibility index (Phi) is 3.71. The molecule has 0 spiro atoms. The molecule has 1 aromatic carbocycles. The molecule has 0 radical (unpaired) electrons. The average molecular weight is 246 g/mol. The number of nitrogens with two attached hydrogens (primary N) is 1. The zero-order chi connectivity index (χ0) is 13.0. The van der Waals surface area contributed by atoms with Gasteiger partial charge in [0.05, 0.1) is 12.2 Å². The number of hydrogen-bond acceptors (Lipinski definition) is 6. The number of aromatic nitrogens is 2. The molecule has 0 aliphatic rings. The molecule has 94 valence electrons. The highest BCUT2D eigenvalue weighted by molar-refractivity contribution is 5.47. The van der Waals surface area contributed by atoms with Gasteiger partial charge in [-0.3, -0.25) is 0 Å². The second-order valence-corrected chi connectivity index (χ2v) is 3.70. The predicted octanol–water partition coefficient (Wildman–Crippen LogP) is 1.36. The van der Waals surface area contributed by atoms with Gasteiger partial charge in [-0.1, -0.05) is 12.1 Å². The fourth-order valence-corrected chi connectivity index (χ4v) is 1.46. The van der Waals surface area contributed by atoms with Gasteiger partial charge in [0.25, 0.3) is 0 Å². The number of hydrogen-bond donors (Lipinski definition) is 3. The van der Waals surface area contributed by atoms with Gasteiger partial charge in [0.1, 0.15) is 17.9 Å². The maximum Gasteiger partial charge on any atom is 0.227 e. The second kappa shape index (κ2) is 5.44. The Morgan fingerprint density at radius 2 is 2.00 bits per heavy atom. The Bertz CT molecular complexity index is 528. The van der Waals surface area contributed by atoms with E-state index in [9.17, 15) is 0 Å². The largest absolute Gasteiger partial charge is 0.439 e. The molecule has 0 aliphatic carbocycles. The summed E-state index contributed by atoms with van der Waals surface area (Å²) in [7, 11) is 0. The molecular formula is C12H14N4O2. The van der Waals surface area contributed by atoms with Crippen LogP contribution in [0.1, 0.15) is 11.1 Å². The minimum atomic E-state index is 0.00799. The lowest BCUT2D eigenvalue weighted by atomic mass is 10.2. The summed E-state index contributed by atoms with van der Waals surface area (Å²) in [6, 6.07) is 7.10. The van der Waals surface area contributed by atoms with Crippen LogP contribution in [0.15, 0.2) is 30.6 Å². The number of ether oxygens (including phenoxy) is 1. The normalized spacial score (nSPS) is 10.2. The molecule has 0 fully saturated rings. The third-order valence-electron chi connectivity index (χ3n) is 2.49. The highest BCUT2D eigenvalue weighted by atomic mass is 16.5. The summed E-state index contributed by atoms with van der Waals surface area (Å²) < 4.78 is 5.62. The van der Waals surface area contributed by atoms with E-state index in [0.29, 0.717) is 17.4 Å². The molecule has 4 N–H and O–H groups in total. The molecule has 0 atom stereocenters. The van der Waals surface area contributed by atoms with E-state index in [4.69, 9.17) is 15.7 Å². The van der Waals surface area contributed by atoms with Crippen LogP contribution in [0.2, 0.25) is 0 Å². The molecule has 0 amide bonds. The highest BCUT2D eigenvalue weighted by Gasteiger charge is 2.08. The summed E-state index contributed by atoms with van der Waals surface area (Å²) in [4.78, 5) is 8.01. The SMILES string of the molecule is Cc1c(NN)ncnc1Oc1ccc(CO)cc1. The average Bonchev–Trinajstić information content (AvgIpc) is 2.42. The molecule has 18 heavy (non-hydrogen) atoms. The van der Waals surface area contributed by atoms with Crippen LogP contribution >= 0.6 is 0 Å². The van der Waals surface area contributed by atoms with Gasteiger partial charge in [0.2, 0.25) is 5.88 Å². The number of anilines is 1. The van der Waals surface area contributed by atoms with Crippen molar-refractivity contribution in [2.75, 3.05) is 5.43 Å². The second-order valence-electron chi connectivity index (χ2n) is 3.70. The summed E-state index contributed by atoms with van der Waals surface area (Å²) in [6.45, 7) is 1.82. The van der Waals surface area contributed by atoms with E-state index >= 15 is 0 Å². The lowest BCUT2D eigenvalue weighted by molar-refractivity contribution is 0.281. The number of aliphatic hydroxyl groups excluding tert-OH is 1. The fraction of sp³-hybridized carbons (Fsp3) is 0.167.